The molecule has 0 bridgehead atoms. The van der Waals surface area contributed by atoms with E-state index in [1.807, 2.05) is 44.1 Å². The van der Waals surface area contributed by atoms with Gasteiger partial charge in [0.25, 0.3) is 0 Å². The lowest BCUT2D eigenvalue weighted by Crippen LogP contribution is -2.40. The highest BCUT2D eigenvalue weighted by molar-refractivity contribution is 5.73. The van der Waals surface area contributed by atoms with E-state index in [0.29, 0.717) is 31.2 Å². The third kappa shape index (κ3) is 6.85. The summed E-state index contributed by atoms with van der Waals surface area (Å²) in [6, 6.07) is 5.55. The van der Waals surface area contributed by atoms with E-state index in [2.05, 4.69) is 10.6 Å². The third-order valence-corrected chi connectivity index (χ3v) is 2.81. The zero-order valence-electron chi connectivity index (χ0n) is 13.2. The fraction of sp³-hybridized carbons (Fsp3) is 0.533. The van der Waals surface area contributed by atoms with Gasteiger partial charge in [0.1, 0.15) is 6.61 Å². The van der Waals surface area contributed by atoms with Gasteiger partial charge in [-0.2, -0.15) is 0 Å². The van der Waals surface area contributed by atoms with Crippen molar-refractivity contribution >= 4 is 6.03 Å². The molecule has 1 aromatic carbocycles. The van der Waals surface area contributed by atoms with E-state index < -0.39 is 0 Å². The number of carbonyl (C=O) groups excluding carboxylic acids is 1. The lowest BCUT2D eigenvalue weighted by molar-refractivity contribution is 0.234. The van der Waals surface area contributed by atoms with Crippen molar-refractivity contribution in [2.45, 2.75) is 6.92 Å². The first-order valence-electron chi connectivity index (χ1n) is 6.97. The van der Waals surface area contributed by atoms with Gasteiger partial charge in [-0.1, -0.05) is 6.07 Å². The van der Waals surface area contributed by atoms with E-state index in [1.165, 1.54) is 0 Å². The van der Waals surface area contributed by atoms with Gasteiger partial charge in [-0.3, -0.25) is 0 Å². The van der Waals surface area contributed by atoms with Crippen molar-refractivity contribution in [3.05, 3.63) is 23.8 Å². The van der Waals surface area contributed by atoms with Crippen LogP contribution in [0.5, 0.6) is 11.5 Å². The number of urea groups is 1. The smallest absolute Gasteiger partial charge is 0.314 e. The topological polar surface area (TPSA) is 62.8 Å². The van der Waals surface area contributed by atoms with Crippen LogP contribution in [0.3, 0.4) is 0 Å². The van der Waals surface area contributed by atoms with Gasteiger partial charge in [0.05, 0.1) is 13.7 Å². The van der Waals surface area contributed by atoms with Gasteiger partial charge < -0.3 is 25.0 Å². The quantitative estimate of drug-likeness (QED) is 0.708. The van der Waals surface area contributed by atoms with Crippen LogP contribution in [-0.2, 0) is 0 Å². The molecule has 0 unspecified atom stereocenters. The Bertz CT molecular complexity index is 450. The molecule has 118 valence electrons. The predicted molar refractivity (Wildman–Crippen MR) is 83.2 cm³/mol. The first-order chi connectivity index (χ1) is 10.0. The zero-order valence-corrected chi connectivity index (χ0v) is 13.2. The van der Waals surface area contributed by atoms with Crippen LogP contribution in [0.15, 0.2) is 18.2 Å². The van der Waals surface area contributed by atoms with E-state index in [4.69, 9.17) is 9.47 Å². The Kier molecular flexibility index (Phi) is 7.39. The number of carbonyl (C=O) groups is 1. The molecule has 0 fully saturated rings. The van der Waals surface area contributed by atoms with Crippen molar-refractivity contribution in [3.63, 3.8) is 0 Å². The van der Waals surface area contributed by atoms with Gasteiger partial charge in [0.2, 0.25) is 0 Å². The fourth-order valence-corrected chi connectivity index (χ4v) is 1.68. The van der Waals surface area contributed by atoms with E-state index in [0.717, 1.165) is 12.1 Å². The third-order valence-electron chi connectivity index (χ3n) is 2.81. The number of benzene rings is 1. The van der Waals surface area contributed by atoms with Crippen LogP contribution in [0.4, 0.5) is 4.79 Å². The number of amides is 2. The number of nitrogens with one attached hydrogen (secondary N) is 2. The van der Waals surface area contributed by atoms with E-state index in [9.17, 15) is 4.79 Å². The molecule has 6 heteroatoms. The summed E-state index contributed by atoms with van der Waals surface area (Å²) in [5, 5.41) is 5.51. The van der Waals surface area contributed by atoms with Crippen LogP contribution >= 0.6 is 0 Å². The molecular formula is C15H25N3O3. The fourth-order valence-electron chi connectivity index (χ4n) is 1.68. The van der Waals surface area contributed by atoms with Gasteiger partial charge >= 0.3 is 6.03 Å². The summed E-state index contributed by atoms with van der Waals surface area (Å²) in [5.74, 6) is 1.38. The molecule has 0 aromatic heterocycles. The van der Waals surface area contributed by atoms with Crippen molar-refractivity contribution in [2.75, 3.05) is 47.4 Å². The molecule has 1 aromatic rings. The molecule has 2 N–H and O–H groups in total. The number of hydrogen-bond acceptors (Lipinski definition) is 4. The molecule has 0 spiro atoms. The van der Waals surface area contributed by atoms with Gasteiger partial charge in [0, 0.05) is 13.1 Å². The maximum absolute atomic E-state index is 11.5. The molecule has 1 rings (SSSR count). The molecule has 0 radical (unpaired) electrons. The molecular weight excluding hydrogens is 270 g/mol. The molecule has 0 saturated heterocycles. The average Bonchev–Trinajstić information content (AvgIpc) is 2.44. The maximum Gasteiger partial charge on any atom is 0.314 e. The minimum Gasteiger partial charge on any atom is -0.493 e. The highest BCUT2D eigenvalue weighted by Gasteiger charge is 2.04. The minimum atomic E-state index is -0.184. The summed E-state index contributed by atoms with van der Waals surface area (Å²) in [6.45, 7) is 4.24. The van der Waals surface area contributed by atoms with Crippen LogP contribution in [0.2, 0.25) is 0 Å². The van der Waals surface area contributed by atoms with Crippen LogP contribution in [0.25, 0.3) is 0 Å². The second kappa shape index (κ2) is 9.07. The Hall–Kier alpha value is -1.95. The largest absolute Gasteiger partial charge is 0.493 e. The highest BCUT2D eigenvalue weighted by Crippen LogP contribution is 2.27. The summed E-state index contributed by atoms with van der Waals surface area (Å²) < 4.78 is 10.9. The minimum absolute atomic E-state index is 0.184. The lowest BCUT2D eigenvalue weighted by atomic mass is 10.2. The van der Waals surface area contributed by atoms with E-state index in [1.54, 1.807) is 7.11 Å². The molecule has 0 heterocycles. The molecule has 0 aliphatic rings. The van der Waals surface area contributed by atoms with Crippen LogP contribution in [0, 0.1) is 6.92 Å². The second-order valence-electron chi connectivity index (χ2n) is 4.99. The highest BCUT2D eigenvalue weighted by atomic mass is 16.5. The summed E-state index contributed by atoms with van der Waals surface area (Å²) in [7, 11) is 5.53. The number of hydrogen-bond donors (Lipinski definition) is 2. The number of rotatable bonds is 8. The Labute approximate surface area is 126 Å². The number of ether oxygens (including phenoxy) is 2. The molecule has 0 aliphatic carbocycles. The van der Waals surface area contributed by atoms with Crippen LogP contribution in [-0.4, -0.2) is 58.4 Å². The number of nitrogens with zero attached hydrogens (tertiary/aromatic N) is 1. The predicted octanol–water partition coefficient (Wildman–Crippen LogP) is 1.24. The van der Waals surface area contributed by atoms with Gasteiger partial charge in [-0.15, -0.1) is 0 Å². The summed E-state index contributed by atoms with van der Waals surface area (Å²) in [4.78, 5) is 13.5. The Morgan fingerprint density at radius 1 is 1.19 bits per heavy atom. The van der Waals surface area contributed by atoms with Gasteiger partial charge in [-0.05, 0) is 38.7 Å². The van der Waals surface area contributed by atoms with E-state index >= 15 is 0 Å². The summed E-state index contributed by atoms with van der Waals surface area (Å²) >= 11 is 0. The molecule has 0 aliphatic heterocycles. The first-order valence-corrected chi connectivity index (χ1v) is 6.97. The first kappa shape index (κ1) is 17.1. The van der Waals surface area contributed by atoms with Crippen molar-refractivity contribution in [3.8, 4) is 11.5 Å². The summed E-state index contributed by atoms with van der Waals surface area (Å²) in [5.41, 5.74) is 1.11. The molecule has 6 nitrogen and oxygen atoms in total. The monoisotopic (exact) mass is 295 g/mol. The average molecular weight is 295 g/mol. The molecule has 2 amide bonds. The van der Waals surface area contributed by atoms with Crippen molar-refractivity contribution < 1.29 is 14.3 Å². The standard InChI is InChI=1S/C15H25N3O3/c1-12-5-6-13(14(11-12)20-4)21-10-8-17-15(19)16-7-9-18(2)3/h5-6,11H,7-10H2,1-4H3,(H2,16,17,19). The number of aryl methyl sites for hydroxylation is 1. The van der Waals surface area contributed by atoms with Gasteiger partial charge in [0.15, 0.2) is 11.5 Å². The SMILES string of the molecule is COc1cc(C)ccc1OCCNC(=O)NCCN(C)C. The van der Waals surface area contributed by atoms with Crippen LogP contribution < -0.4 is 20.1 Å². The molecule has 21 heavy (non-hydrogen) atoms. The Morgan fingerprint density at radius 2 is 1.90 bits per heavy atom. The number of methoxy groups -OCH3 is 1. The molecule has 0 atom stereocenters. The summed E-state index contributed by atoms with van der Waals surface area (Å²) in [6.07, 6.45) is 0. The number of likely N-dealkylation sites (N-methyl/N-ethyl adjacent to an activating group) is 1. The maximum atomic E-state index is 11.5. The second-order valence-corrected chi connectivity index (χ2v) is 4.99. The van der Waals surface area contributed by atoms with Crippen molar-refractivity contribution in [1.82, 2.24) is 15.5 Å². The van der Waals surface area contributed by atoms with E-state index in [-0.39, 0.29) is 6.03 Å². The van der Waals surface area contributed by atoms with Crippen molar-refractivity contribution in [1.29, 1.82) is 0 Å². The zero-order chi connectivity index (χ0) is 15.7. The van der Waals surface area contributed by atoms with Gasteiger partial charge in [-0.25, -0.2) is 4.79 Å². The van der Waals surface area contributed by atoms with Crippen LogP contribution in [0.1, 0.15) is 5.56 Å². The Balaban J connectivity index is 2.23. The normalized spacial score (nSPS) is 10.3. The molecule has 0 saturated carbocycles. The Morgan fingerprint density at radius 3 is 2.57 bits per heavy atom. The van der Waals surface area contributed by atoms with Crippen molar-refractivity contribution in [2.24, 2.45) is 0 Å². The lowest BCUT2D eigenvalue weighted by Gasteiger charge is -2.13.